The molecule has 1 aliphatic heterocycles. The molecule has 1 aromatic carbocycles. The Morgan fingerprint density at radius 3 is 2.62 bits per heavy atom. The van der Waals surface area contributed by atoms with Crippen LogP contribution < -0.4 is 15.1 Å². The third kappa shape index (κ3) is 2.47. The Labute approximate surface area is 137 Å². The molecule has 0 aliphatic carbocycles. The molecule has 0 unspecified atom stereocenters. The molecule has 24 heavy (non-hydrogen) atoms. The summed E-state index contributed by atoms with van der Waals surface area (Å²) in [6, 6.07) is 6.18. The van der Waals surface area contributed by atoms with E-state index >= 15 is 0 Å². The van der Waals surface area contributed by atoms with Crippen molar-refractivity contribution in [2.45, 2.75) is 18.9 Å². The molecule has 0 amide bonds. The van der Waals surface area contributed by atoms with E-state index in [2.05, 4.69) is 0 Å². The fourth-order valence-corrected chi connectivity index (χ4v) is 2.87. The van der Waals surface area contributed by atoms with Gasteiger partial charge in [-0.2, -0.15) is 0 Å². The van der Waals surface area contributed by atoms with Gasteiger partial charge in [-0.05, 0) is 24.6 Å². The topological polar surface area (TPSA) is 95.2 Å². The maximum absolute atomic E-state index is 12.3. The van der Waals surface area contributed by atoms with Gasteiger partial charge >= 0.3 is 11.6 Å². The van der Waals surface area contributed by atoms with Crippen LogP contribution in [-0.2, 0) is 9.53 Å². The van der Waals surface area contributed by atoms with E-state index in [0.29, 0.717) is 11.3 Å². The van der Waals surface area contributed by atoms with Gasteiger partial charge in [-0.15, -0.1) is 0 Å². The molecule has 126 valence electrons. The van der Waals surface area contributed by atoms with E-state index in [1.54, 1.807) is 25.1 Å². The molecule has 2 heterocycles. The summed E-state index contributed by atoms with van der Waals surface area (Å²) < 4.78 is 20.6. The molecule has 1 aromatic heterocycles. The first-order valence-corrected chi connectivity index (χ1v) is 7.22. The van der Waals surface area contributed by atoms with Crippen LogP contribution in [0.25, 0.3) is 0 Å². The number of rotatable bonds is 3. The number of ether oxygens (including phenoxy) is 3. The van der Waals surface area contributed by atoms with E-state index in [1.807, 2.05) is 0 Å². The summed E-state index contributed by atoms with van der Waals surface area (Å²) in [7, 11) is 2.67. The highest BCUT2D eigenvalue weighted by Crippen LogP contribution is 2.43. The Morgan fingerprint density at radius 2 is 2.00 bits per heavy atom. The largest absolute Gasteiger partial charge is 0.504 e. The minimum absolute atomic E-state index is 0.108. The molecule has 7 nitrogen and oxygen atoms in total. The van der Waals surface area contributed by atoms with Crippen LogP contribution in [0.4, 0.5) is 0 Å². The minimum atomic E-state index is -1.04. The van der Waals surface area contributed by atoms with Gasteiger partial charge in [0.1, 0.15) is 11.5 Å². The van der Waals surface area contributed by atoms with Crippen LogP contribution in [-0.4, -0.2) is 31.4 Å². The molecule has 2 atom stereocenters. The van der Waals surface area contributed by atoms with Crippen LogP contribution in [0.5, 0.6) is 17.2 Å². The van der Waals surface area contributed by atoms with Gasteiger partial charge in [0.05, 0.1) is 25.7 Å². The number of aromatic hydroxyl groups is 1. The lowest BCUT2D eigenvalue weighted by Crippen LogP contribution is -2.31. The van der Waals surface area contributed by atoms with E-state index in [1.165, 1.54) is 20.3 Å². The number of phenols is 1. The molecule has 0 saturated heterocycles. The summed E-state index contributed by atoms with van der Waals surface area (Å²) in [5.41, 5.74) is 0.149. The van der Waals surface area contributed by atoms with Gasteiger partial charge in [0.15, 0.2) is 11.5 Å². The maximum atomic E-state index is 12.3. The molecule has 7 heteroatoms. The summed E-state index contributed by atoms with van der Waals surface area (Å²) in [4.78, 5) is 24.4. The van der Waals surface area contributed by atoms with Crippen molar-refractivity contribution >= 4 is 5.97 Å². The lowest BCUT2D eigenvalue weighted by Gasteiger charge is -2.17. The minimum Gasteiger partial charge on any atom is -0.504 e. The highest BCUT2D eigenvalue weighted by atomic mass is 16.6. The Morgan fingerprint density at radius 1 is 1.25 bits per heavy atom. The van der Waals surface area contributed by atoms with Gasteiger partial charge in [0.2, 0.25) is 6.10 Å². The Kier molecular flexibility index (Phi) is 3.92. The molecule has 0 spiro atoms. The van der Waals surface area contributed by atoms with Gasteiger partial charge < -0.3 is 23.7 Å². The zero-order valence-corrected chi connectivity index (χ0v) is 13.4. The van der Waals surface area contributed by atoms with Crippen molar-refractivity contribution in [2.24, 2.45) is 0 Å². The Bertz CT molecular complexity index is 853. The molecular formula is C17H16O7. The number of esters is 1. The second-order valence-corrected chi connectivity index (χ2v) is 5.39. The number of hydrogen-bond acceptors (Lipinski definition) is 7. The second kappa shape index (κ2) is 5.92. The van der Waals surface area contributed by atoms with Crippen molar-refractivity contribution in [3.05, 3.63) is 51.6 Å². The van der Waals surface area contributed by atoms with Gasteiger partial charge in [0.25, 0.3) is 0 Å². The van der Waals surface area contributed by atoms with Crippen LogP contribution in [0, 0.1) is 6.92 Å². The van der Waals surface area contributed by atoms with Crippen LogP contribution in [0.2, 0.25) is 0 Å². The molecule has 0 radical (unpaired) electrons. The third-order valence-electron chi connectivity index (χ3n) is 3.94. The molecule has 0 saturated carbocycles. The first-order valence-electron chi connectivity index (χ1n) is 7.22. The molecule has 0 bridgehead atoms. The van der Waals surface area contributed by atoms with Gasteiger partial charge in [-0.25, -0.2) is 9.59 Å². The summed E-state index contributed by atoms with van der Waals surface area (Å²) in [6.07, 6.45) is -1.04. The normalized spacial score (nSPS) is 18.6. The van der Waals surface area contributed by atoms with Crippen LogP contribution in [0.1, 0.15) is 22.8 Å². The van der Waals surface area contributed by atoms with Crippen molar-refractivity contribution in [1.29, 1.82) is 0 Å². The third-order valence-corrected chi connectivity index (χ3v) is 3.94. The highest BCUT2D eigenvalue weighted by Gasteiger charge is 2.44. The number of carbonyl (C=O) groups is 1. The van der Waals surface area contributed by atoms with Crippen molar-refractivity contribution in [1.82, 2.24) is 0 Å². The Balaban J connectivity index is 2.17. The maximum Gasteiger partial charge on any atom is 0.348 e. The predicted molar refractivity (Wildman–Crippen MR) is 82.6 cm³/mol. The SMILES string of the molecule is COC(=O)[C@@H]1Oc2cc(C)oc(=O)c2[C@H]1c1ccc(OC)c(O)c1. The van der Waals surface area contributed by atoms with Gasteiger partial charge in [-0.3, -0.25) is 0 Å². The fraction of sp³-hybridized carbons (Fsp3) is 0.294. The molecule has 2 aromatic rings. The number of aryl methyl sites for hydroxylation is 1. The summed E-state index contributed by atoms with van der Waals surface area (Å²) >= 11 is 0. The lowest BCUT2D eigenvalue weighted by molar-refractivity contribution is -0.148. The van der Waals surface area contributed by atoms with Crippen LogP contribution in [0.3, 0.4) is 0 Å². The summed E-state index contributed by atoms with van der Waals surface area (Å²) in [5.74, 6) is -0.545. The number of fused-ring (bicyclic) bond motifs is 1. The first kappa shape index (κ1) is 15.9. The Hall–Kier alpha value is -2.96. The number of carbonyl (C=O) groups excluding carboxylic acids is 1. The number of hydrogen-bond donors (Lipinski definition) is 1. The van der Waals surface area contributed by atoms with Crippen LogP contribution in [0.15, 0.2) is 33.5 Å². The van der Waals surface area contributed by atoms with E-state index in [0.717, 1.165) is 0 Å². The quantitative estimate of drug-likeness (QED) is 0.855. The van der Waals surface area contributed by atoms with Crippen molar-refractivity contribution in [3.63, 3.8) is 0 Å². The van der Waals surface area contributed by atoms with Crippen molar-refractivity contribution in [2.75, 3.05) is 14.2 Å². The molecule has 1 aliphatic rings. The van der Waals surface area contributed by atoms with Gasteiger partial charge in [-0.1, -0.05) is 6.07 Å². The van der Waals surface area contributed by atoms with E-state index in [9.17, 15) is 14.7 Å². The zero-order chi connectivity index (χ0) is 17.4. The predicted octanol–water partition coefficient (Wildman–Crippen LogP) is 1.73. The molecule has 1 N–H and O–H groups in total. The van der Waals surface area contributed by atoms with E-state index < -0.39 is 23.6 Å². The second-order valence-electron chi connectivity index (χ2n) is 5.39. The van der Waals surface area contributed by atoms with Crippen molar-refractivity contribution in [3.8, 4) is 17.2 Å². The molecule has 0 fully saturated rings. The van der Waals surface area contributed by atoms with E-state index in [4.69, 9.17) is 18.6 Å². The van der Waals surface area contributed by atoms with E-state index in [-0.39, 0.29) is 22.8 Å². The summed E-state index contributed by atoms with van der Waals surface area (Å²) in [6.45, 7) is 1.62. The number of benzene rings is 1. The average Bonchev–Trinajstić information content (AvgIpc) is 2.93. The average molecular weight is 332 g/mol. The highest BCUT2D eigenvalue weighted by molar-refractivity contribution is 5.79. The van der Waals surface area contributed by atoms with Crippen LogP contribution >= 0.6 is 0 Å². The molecule has 3 rings (SSSR count). The van der Waals surface area contributed by atoms with Gasteiger partial charge in [0, 0.05) is 6.07 Å². The number of phenolic OH excluding ortho intramolecular Hbond substituents is 1. The molecular weight excluding hydrogens is 316 g/mol. The zero-order valence-electron chi connectivity index (χ0n) is 13.4. The lowest BCUT2D eigenvalue weighted by atomic mass is 9.88. The number of methoxy groups -OCH3 is 2. The fourth-order valence-electron chi connectivity index (χ4n) is 2.87. The summed E-state index contributed by atoms with van der Waals surface area (Å²) in [5, 5.41) is 10.0. The monoisotopic (exact) mass is 332 g/mol. The van der Waals surface area contributed by atoms with Crippen molar-refractivity contribution < 1.29 is 28.5 Å². The smallest absolute Gasteiger partial charge is 0.348 e. The standard InChI is InChI=1S/C17H16O7/c1-8-6-12-14(16(19)23-8)13(15(24-12)17(20)22-3)9-4-5-11(21-2)10(18)7-9/h4-7,13,15,18H,1-3H3/t13-,15-/m1/s1. The first-order chi connectivity index (χ1) is 11.5.